The Morgan fingerprint density at radius 3 is 2.47 bits per heavy atom. The monoisotopic (exact) mass is 354 g/mol. The van der Waals surface area contributed by atoms with Crippen LogP contribution in [-0.2, 0) is 6.18 Å². The van der Waals surface area contributed by atoms with Crippen molar-refractivity contribution in [2.45, 2.75) is 19.5 Å². The molecule has 0 saturated heterocycles. The van der Waals surface area contributed by atoms with Crippen LogP contribution in [0.25, 0.3) is 0 Å². The highest BCUT2D eigenvalue weighted by Crippen LogP contribution is 2.35. The van der Waals surface area contributed by atoms with Crippen molar-refractivity contribution in [3.05, 3.63) is 28.2 Å². The number of nitrogens with two attached hydrogens (primary N) is 1. The normalized spacial score (nSPS) is 11.4. The maximum Gasteiger partial charge on any atom is 0.416 e. The molecule has 0 heterocycles. The Hall–Kier alpha value is -0.820. The average molecular weight is 355 g/mol. The fourth-order valence-electron chi connectivity index (χ4n) is 1.63. The molecule has 0 aliphatic heterocycles. The van der Waals surface area contributed by atoms with Crippen molar-refractivity contribution in [2.24, 2.45) is 5.73 Å². The largest absolute Gasteiger partial charge is 0.416 e. The summed E-state index contributed by atoms with van der Waals surface area (Å²) in [6, 6.07) is 3.61. The fraction of sp³-hybridized carbons (Fsp3) is 0.417. The second-order valence-corrected chi connectivity index (χ2v) is 5.34. The number of hydrogen-bond donors (Lipinski definition) is 1. The van der Waals surface area contributed by atoms with E-state index in [1.165, 1.54) is 6.07 Å². The lowest BCUT2D eigenvalue weighted by molar-refractivity contribution is -0.137. The Morgan fingerprint density at radius 2 is 2.05 bits per heavy atom. The van der Waals surface area contributed by atoms with Crippen LogP contribution in [0.15, 0.2) is 22.7 Å². The summed E-state index contributed by atoms with van der Waals surface area (Å²) in [5, 5.41) is 0. The highest BCUT2D eigenvalue weighted by atomic mass is 79.9. The first-order chi connectivity index (χ1) is 8.75. The van der Waals surface area contributed by atoms with Crippen molar-refractivity contribution in [3.8, 4) is 0 Å². The lowest BCUT2D eigenvalue weighted by Crippen LogP contribution is -2.27. The van der Waals surface area contributed by atoms with Gasteiger partial charge in [0.2, 0.25) is 0 Å². The third kappa shape index (κ3) is 4.65. The molecule has 0 aliphatic rings. The van der Waals surface area contributed by atoms with Crippen molar-refractivity contribution in [1.82, 2.24) is 0 Å². The third-order valence-corrected chi connectivity index (χ3v) is 3.46. The number of hydrogen-bond acceptors (Lipinski definition) is 2. The topological polar surface area (TPSA) is 29.3 Å². The van der Waals surface area contributed by atoms with Crippen LogP contribution in [0.4, 0.5) is 18.9 Å². The molecule has 0 fully saturated rings. The predicted molar refractivity (Wildman–Crippen MR) is 78.4 cm³/mol. The second-order valence-electron chi connectivity index (χ2n) is 3.96. The van der Waals surface area contributed by atoms with Gasteiger partial charge in [-0.1, -0.05) is 12.2 Å². The summed E-state index contributed by atoms with van der Waals surface area (Å²) < 4.78 is 38.1. The first kappa shape index (κ1) is 16.2. The van der Waals surface area contributed by atoms with E-state index >= 15 is 0 Å². The minimum Gasteiger partial charge on any atom is -0.393 e. The number of anilines is 1. The van der Waals surface area contributed by atoms with E-state index in [0.717, 1.165) is 12.1 Å². The fourth-order valence-corrected chi connectivity index (χ4v) is 2.35. The molecule has 0 atom stereocenters. The molecule has 1 aromatic rings. The maximum atomic E-state index is 12.6. The molecule has 0 saturated carbocycles. The molecule has 0 radical (unpaired) electrons. The quantitative estimate of drug-likeness (QED) is 0.811. The molecule has 0 unspecified atom stereocenters. The van der Waals surface area contributed by atoms with Gasteiger partial charge in [0.1, 0.15) is 0 Å². The van der Waals surface area contributed by atoms with Gasteiger partial charge in [0.15, 0.2) is 0 Å². The number of halogens is 4. The molecular formula is C12H14BrF3N2S. The van der Waals surface area contributed by atoms with Gasteiger partial charge in [-0.05, 0) is 41.1 Å². The number of alkyl halides is 3. The van der Waals surface area contributed by atoms with Crippen molar-refractivity contribution >= 4 is 38.8 Å². The van der Waals surface area contributed by atoms with E-state index in [4.69, 9.17) is 18.0 Å². The highest BCUT2D eigenvalue weighted by Gasteiger charge is 2.31. The molecule has 2 N–H and O–H groups in total. The van der Waals surface area contributed by atoms with Gasteiger partial charge in [0.05, 0.1) is 16.2 Å². The Morgan fingerprint density at radius 1 is 1.42 bits per heavy atom. The minimum absolute atomic E-state index is 0.390. The average Bonchev–Trinajstić information content (AvgIpc) is 2.29. The molecule has 19 heavy (non-hydrogen) atoms. The zero-order valence-corrected chi connectivity index (χ0v) is 12.7. The van der Waals surface area contributed by atoms with Gasteiger partial charge in [0, 0.05) is 24.0 Å². The number of nitrogens with zero attached hydrogens (tertiary/aromatic N) is 1. The van der Waals surface area contributed by atoms with E-state index in [1.54, 1.807) is 0 Å². The second kappa shape index (κ2) is 6.56. The maximum absolute atomic E-state index is 12.6. The highest BCUT2D eigenvalue weighted by molar-refractivity contribution is 9.10. The van der Waals surface area contributed by atoms with Gasteiger partial charge in [-0.2, -0.15) is 13.2 Å². The summed E-state index contributed by atoms with van der Waals surface area (Å²) >= 11 is 7.99. The van der Waals surface area contributed by atoms with E-state index in [2.05, 4.69) is 15.9 Å². The lowest BCUT2D eigenvalue weighted by atomic mass is 10.2. The van der Waals surface area contributed by atoms with Crippen molar-refractivity contribution in [1.29, 1.82) is 0 Å². The molecule has 7 heteroatoms. The first-order valence-corrected chi connectivity index (χ1v) is 6.85. The predicted octanol–water partition coefficient (Wildman–Crippen LogP) is 3.97. The molecule has 0 bridgehead atoms. The van der Waals surface area contributed by atoms with Crippen molar-refractivity contribution < 1.29 is 13.2 Å². The molecule has 0 aromatic heterocycles. The molecule has 2 nitrogen and oxygen atoms in total. The van der Waals surface area contributed by atoms with Crippen LogP contribution in [0.3, 0.4) is 0 Å². The van der Waals surface area contributed by atoms with Crippen LogP contribution in [0.2, 0.25) is 0 Å². The summed E-state index contributed by atoms with van der Waals surface area (Å²) in [5.41, 5.74) is 5.47. The SMILES string of the molecule is CCN(CCC(N)=S)c1ccc(C(F)(F)F)cc1Br. The van der Waals surface area contributed by atoms with Crippen LogP contribution in [-0.4, -0.2) is 18.1 Å². The zero-order chi connectivity index (χ0) is 14.6. The number of benzene rings is 1. The van der Waals surface area contributed by atoms with E-state index < -0.39 is 11.7 Å². The van der Waals surface area contributed by atoms with E-state index in [-0.39, 0.29) is 0 Å². The van der Waals surface area contributed by atoms with Gasteiger partial charge in [-0.3, -0.25) is 0 Å². The Labute approximate surface area is 123 Å². The van der Waals surface area contributed by atoms with Gasteiger partial charge < -0.3 is 10.6 Å². The molecule has 1 aromatic carbocycles. The van der Waals surface area contributed by atoms with Gasteiger partial charge in [-0.25, -0.2) is 0 Å². The molecule has 0 aliphatic carbocycles. The van der Waals surface area contributed by atoms with Crippen LogP contribution in [0.5, 0.6) is 0 Å². The number of thiocarbonyl (C=S) groups is 1. The smallest absolute Gasteiger partial charge is 0.393 e. The Bertz CT molecular complexity index is 463. The van der Waals surface area contributed by atoms with E-state index in [1.807, 2.05) is 11.8 Å². The van der Waals surface area contributed by atoms with Crippen molar-refractivity contribution in [3.63, 3.8) is 0 Å². The Balaban J connectivity index is 2.96. The zero-order valence-electron chi connectivity index (χ0n) is 10.3. The summed E-state index contributed by atoms with van der Waals surface area (Å²) in [6.07, 6.45) is -3.81. The van der Waals surface area contributed by atoms with Crippen LogP contribution in [0, 0.1) is 0 Å². The van der Waals surface area contributed by atoms with Gasteiger partial charge >= 0.3 is 6.18 Å². The summed E-state index contributed by atoms with van der Waals surface area (Å²) in [5.74, 6) is 0. The van der Waals surface area contributed by atoms with Crippen LogP contribution < -0.4 is 10.6 Å². The third-order valence-electron chi connectivity index (χ3n) is 2.63. The van der Waals surface area contributed by atoms with E-state index in [0.29, 0.717) is 34.7 Å². The van der Waals surface area contributed by atoms with Crippen LogP contribution in [0.1, 0.15) is 18.9 Å². The van der Waals surface area contributed by atoms with Crippen molar-refractivity contribution in [2.75, 3.05) is 18.0 Å². The summed E-state index contributed by atoms with van der Waals surface area (Å²) in [6.45, 7) is 3.16. The standard InChI is InChI=1S/C12H14BrF3N2S/c1-2-18(6-5-11(17)19)10-4-3-8(7-9(10)13)12(14,15)16/h3-4,7H,2,5-6H2,1H3,(H2,17,19). The first-order valence-electron chi connectivity index (χ1n) is 5.65. The van der Waals surface area contributed by atoms with Gasteiger partial charge in [0.25, 0.3) is 0 Å². The molecular weight excluding hydrogens is 341 g/mol. The molecule has 0 spiro atoms. The Kier molecular flexibility index (Phi) is 5.61. The lowest BCUT2D eigenvalue weighted by Gasteiger charge is -2.24. The summed E-state index contributed by atoms with van der Waals surface area (Å²) in [4.78, 5) is 2.31. The molecule has 1 rings (SSSR count). The van der Waals surface area contributed by atoms with Crippen LogP contribution >= 0.6 is 28.1 Å². The van der Waals surface area contributed by atoms with E-state index in [9.17, 15) is 13.2 Å². The van der Waals surface area contributed by atoms with Gasteiger partial charge in [-0.15, -0.1) is 0 Å². The molecule has 106 valence electrons. The molecule has 0 amide bonds. The number of rotatable bonds is 5. The summed E-state index contributed by atoms with van der Waals surface area (Å²) in [7, 11) is 0. The minimum atomic E-state index is -4.34.